The lowest BCUT2D eigenvalue weighted by Gasteiger charge is -2.02. The van der Waals surface area contributed by atoms with Crippen LogP contribution in [0.4, 0.5) is 10.5 Å². The van der Waals surface area contributed by atoms with Crippen molar-refractivity contribution in [2.45, 2.75) is 0 Å². The highest BCUT2D eigenvalue weighted by molar-refractivity contribution is 5.88. The summed E-state index contributed by atoms with van der Waals surface area (Å²) < 4.78 is 0. The number of primary amides is 1. The Hall–Kier alpha value is -2.44. The predicted octanol–water partition coefficient (Wildman–Crippen LogP) is 0.368. The number of anilines is 1. The summed E-state index contributed by atoms with van der Waals surface area (Å²) >= 11 is 0. The summed E-state index contributed by atoms with van der Waals surface area (Å²) in [5.74, 6) is 0.496. The zero-order valence-corrected chi connectivity index (χ0v) is 8.58. The molecule has 0 saturated heterocycles. The van der Waals surface area contributed by atoms with Gasteiger partial charge in [0.25, 0.3) is 0 Å². The first-order chi connectivity index (χ1) is 7.65. The number of carbonyl (C=O) groups is 1. The first-order valence-electron chi connectivity index (χ1n) is 4.56. The van der Waals surface area contributed by atoms with Gasteiger partial charge in [0.1, 0.15) is 0 Å². The number of nitrogens with one attached hydrogen (secondary N) is 1. The van der Waals surface area contributed by atoms with Crippen LogP contribution in [0.15, 0.2) is 24.3 Å². The number of rotatable bonds is 2. The van der Waals surface area contributed by atoms with Crippen molar-refractivity contribution in [1.29, 1.82) is 0 Å². The molecule has 2 rings (SSSR count). The summed E-state index contributed by atoms with van der Waals surface area (Å²) in [5.41, 5.74) is 6.38. The Morgan fingerprint density at radius 3 is 2.94 bits per heavy atom. The molecule has 0 aliphatic heterocycles. The van der Waals surface area contributed by atoms with Crippen LogP contribution in [0.1, 0.15) is 0 Å². The first kappa shape index (κ1) is 10.1. The molecule has 0 bridgehead atoms. The molecule has 1 heterocycles. The van der Waals surface area contributed by atoms with Gasteiger partial charge in [-0.3, -0.25) is 0 Å². The third kappa shape index (κ3) is 2.14. The number of aromatic nitrogens is 4. The Labute approximate surface area is 91.3 Å². The van der Waals surface area contributed by atoms with Crippen molar-refractivity contribution < 1.29 is 4.79 Å². The van der Waals surface area contributed by atoms with Crippen LogP contribution in [0.25, 0.3) is 11.4 Å². The lowest BCUT2D eigenvalue weighted by Crippen LogP contribution is -2.19. The Kier molecular flexibility index (Phi) is 2.50. The summed E-state index contributed by atoms with van der Waals surface area (Å²) in [6.07, 6.45) is 0. The fourth-order valence-electron chi connectivity index (χ4n) is 1.28. The number of benzene rings is 1. The van der Waals surface area contributed by atoms with Crippen LogP contribution in [-0.4, -0.2) is 26.2 Å². The second-order valence-corrected chi connectivity index (χ2v) is 3.17. The van der Waals surface area contributed by atoms with E-state index >= 15 is 0 Å². The van der Waals surface area contributed by atoms with Gasteiger partial charge in [0.2, 0.25) is 5.82 Å². The molecule has 7 nitrogen and oxygen atoms in total. The predicted molar refractivity (Wildman–Crippen MR) is 57.4 cm³/mol. The van der Waals surface area contributed by atoms with Crippen LogP contribution >= 0.6 is 0 Å². The molecule has 0 saturated carbocycles. The Morgan fingerprint density at radius 1 is 1.50 bits per heavy atom. The van der Waals surface area contributed by atoms with Gasteiger partial charge in [-0.05, 0) is 17.3 Å². The Morgan fingerprint density at radius 2 is 2.31 bits per heavy atom. The molecule has 0 aliphatic rings. The number of aryl methyl sites for hydroxylation is 1. The highest BCUT2D eigenvalue weighted by Crippen LogP contribution is 2.18. The molecule has 0 unspecified atom stereocenters. The van der Waals surface area contributed by atoms with E-state index < -0.39 is 6.03 Å². The lowest BCUT2D eigenvalue weighted by atomic mass is 10.2. The van der Waals surface area contributed by atoms with Crippen LogP contribution in [0, 0.1) is 0 Å². The number of hydrogen-bond donors (Lipinski definition) is 2. The molecular weight excluding hydrogens is 208 g/mol. The molecule has 7 heteroatoms. The molecule has 3 N–H and O–H groups in total. The standard InChI is InChI=1S/C9H10N6O/c1-15-13-8(12-14-15)6-3-2-4-7(5-6)11-9(10)16/h2-5H,1H3,(H3,10,11,16). The van der Waals surface area contributed by atoms with E-state index in [9.17, 15) is 4.79 Å². The maximum Gasteiger partial charge on any atom is 0.316 e. The number of carbonyl (C=O) groups excluding carboxylic acids is 1. The molecule has 1 aromatic heterocycles. The molecule has 0 atom stereocenters. The zero-order valence-electron chi connectivity index (χ0n) is 8.58. The Balaban J connectivity index is 2.32. The van der Waals surface area contributed by atoms with Gasteiger partial charge in [0, 0.05) is 11.3 Å². The average Bonchev–Trinajstić information content (AvgIpc) is 2.64. The van der Waals surface area contributed by atoms with Crippen molar-refractivity contribution in [1.82, 2.24) is 20.2 Å². The van der Waals surface area contributed by atoms with Crippen LogP contribution < -0.4 is 11.1 Å². The maximum atomic E-state index is 10.7. The molecule has 0 radical (unpaired) electrons. The van der Waals surface area contributed by atoms with Gasteiger partial charge < -0.3 is 11.1 Å². The van der Waals surface area contributed by atoms with Gasteiger partial charge in [-0.15, -0.1) is 10.2 Å². The highest BCUT2D eigenvalue weighted by atomic mass is 16.2. The van der Waals surface area contributed by atoms with Gasteiger partial charge >= 0.3 is 6.03 Å². The quantitative estimate of drug-likeness (QED) is 0.760. The molecule has 0 fully saturated rings. The normalized spacial score (nSPS) is 10.1. The minimum atomic E-state index is -0.607. The van der Waals surface area contributed by atoms with Crippen molar-refractivity contribution in [3.63, 3.8) is 0 Å². The number of hydrogen-bond acceptors (Lipinski definition) is 4. The van der Waals surface area contributed by atoms with E-state index in [4.69, 9.17) is 5.73 Å². The number of amides is 2. The van der Waals surface area contributed by atoms with E-state index in [1.165, 1.54) is 4.80 Å². The van der Waals surface area contributed by atoms with E-state index in [1.807, 2.05) is 6.07 Å². The van der Waals surface area contributed by atoms with Crippen molar-refractivity contribution in [2.24, 2.45) is 12.8 Å². The zero-order chi connectivity index (χ0) is 11.5. The molecule has 1 aromatic carbocycles. The third-order valence-electron chi connectivity index (χ3n) is 1.90. The summed E-state index contributed by atoms with van der Waals surface area (Å²) in [4.78, 5) is 12.0. The van der Waals surface area contributed by atoms with E-state index in [0.29, 0.717) is 11.5 Å². The number of urea groups is 1. The lowest BCUT2D eigenvalue weighted by molar-refractivity contribution is 0.259. The van der Waals surface area contributed by atoms with Gasteiger partial charge in [-0.1, -0.05) is 12.1 Å². The van der Waals surface area contributed by atoms with Crippen LogP contribution in [0.5, 0.6) is 0 Å². The van der Waals surface area contributed by atoms with Crippen molar-refractivity contribution in [3.05, 3.63) is 24.3 Å². The largest absolute Gasteiger partial charge is 0.351 e. The van der Waals surface area contributed by atoms with Crippen LogP contribution in [0.2, 0.25) is 0 Å². The number of nitrogens with zero attached hydrogens (tertiary/aromatic N) is 4. The molecule has 82 valence electrons. The summed E-state index contributed by atoms with van der Waals surface area (Å²) in [6.45, 7) is 0. The third-order valence-corrected chi connectivity index (χ3v) is 1.90. The SMILES string of the molecule is Cn1nnc(-c2cccc(NC(N)=O)c2)n1. The van der Waals surface area contributed by atoms with Gasteiger partial charge in [0.15, 0.2) is 0 Å². The maximum absolute atomic E-state index is 10.7. The minimum absolute atomic E-state index is 0.496. The van der Waals surface area contributed by atoms with Gasteiger partial charge in [0.05, 0.1) is 7.05 Å². The van der Waals surface area contributed by atoms with Crippen molar-refractivity contribution in [2.75, 3.05) is 5.32 Å². The molecule has 2 amide bonds. The topological polar surface area (TPSA) is 98.7 Å². The van der Waals surface area contributed by atoms with E-state index in [1.54, 1.807) is 25.2 Å². The monoisotopic (exact) mass is 218 g/mol. The number of tetrazole rings is 1. The molecule has 2 aromatic rings. The molecule has 0 aliphatic carbocycles. The summed E-state index contributed by atoms with van der Waals surface area (Å²) in [6, 6.07) is 6.44. The van der Waals surface area contributed by atoms with Crippen LogP contribution in [-0.2, 0) is 7.05 Å². The Bertz CT molecular complexity index is 520. The number of nitrogens with two attached hydrogens (primary N) is 1. The average molecular weight is 218 g/mol. The van der Waals surface area contributed by atoms with Crippen LogP contribution in [0.3, 0.4) is 0 Å². The first-order valence-corrected chi connectivity index (χ1v) is 4.56. The van der Waals surface area contributed by atoms with Crippen molar-refractivity contribution in [3.8, 4) is 11.4 Å². The van der Waals surface area contributed by atoms with E-state index in [0.717, 1.165) is 5.56 Å². The summed E-state index contributed by atoms with van der Waals surface area (Å²) in [7, 11) is 1.68. The summed E-state index contributed by atoms with van der Waals surface area (Å²) in [5, 5.41) is 14.1. The van der Waals surface area contributed by atoms with E-state index in [-0.39, 0.29) is 0 Å². The fourth-order valence-corrected chi connectivity index (χ4v) is 1.28. The smallest absolute Gasteiger partial charge is 0.316 e. The highest BCUT2D eigenvalue weighted by Gasteiger charge is 2.05. The molecular formula is C9H10N6O. The minimum Gasteiger partial charge on any atom is -0.351 e. The fraction of sp³-hybridized carbons (Fsp3) is 0.111. The van der Waals surface area contributed by atoms with Crippen molar-refractivity contribution >= 4 is 11.7 Å². The molecule has 16 heavy (non-hydrogen) atoms. The van der Waals surface area contributed by atoms with Gasteiger partial charge in [-0.2, -0.15) is 4.80 Å². The second kappa shape index (κ2) is 3.97. The molecule has 0 spiro atoms. The second-order valence-electron chi connectivity index (χ2n) is 3.17. The van der Waals surface area contributed by atoms with E-state index in [2.05, 4.69) is 20.7 Å². The van der Waals surface area contributed by atoms with Gasteiger partial charge in [-0.25, -0.2) is 4.79 Å².